The number of methoxy groups -OCH3 is 1. The van der Waals surface area contributed by atoms with E-state index in [1.165, 1.54) is 0 Å². The van der Waals surface area contributed by atoms with E-state index in [0.717, 1.165) is 40.3 Å². The van der Waals surface area contributed by atoms with E-state index in [2.05, 4.69) is 20.4 Å². The van der Waals surface area contributed by atoms with Gasteiger partial charge >= 0.3 is 0 Å². The first-order valence-corrected chi connectivity index (χ1v) is 8.87. The van der Waals surface area contributed by atoms with E-state index in [0.29, 0.717) is 17.9 Å². The van der Waals surface area contributed by atoms with Crippen LogP contribution in [0.15, 0.2) is 59.1 Å². The number of nitrogens with one attached hydrogen (secondary N) is 1. The maximum absolute atomic E-state index is 5.61. The second-order valence-electron chi connectivity index (χ2n) is 6.12. The number of rotatable bonds is 6. The van der Waals surface area contributed by atoms with Crippen molar-refractivity contribution in [3.05, 3.63) is 66.0 Å². The summed E-state index contributed by atoms with van der Waals surface area (Å²) in [6.07, 6.45) is 0.725. The lowest BCUT2D eigenvalue weighted by Gasteiger charge is -2.08. The molecular weight excluding hydrogens is 340 g/mol. The van der Waals surface area contributed by atoms with Crippen molar-refractivity contribution in [2.75, 3.05) is 12.4 Å². The topological polar surface area (TPSA) is 73.1 Å². The van der Waals surface area contributed by atoms with Crippen molar-refractivity contribution in [3.8, 4) is 17.0 Å². The second kappa shape index (κ2) is 7.45. The van der Waals surface area contributed by atoms with Crippen LogP contribution < -0.4 is 10.1 Å². The number of aryl methyl sites for hydroxylation is 1. The number of aromatic nitrogens is 3. The molecule has 4 aromatic rings. The number of hydrogen-bond donors (Lipinski definition) is 1. The molecule has 0 spiro atoms. The third kappa shape index (κ3) is 3.46. The van der Waals surface area contributed by atoms with Crippen LogP contribution in [0, 0.1) is 0 Å². The Bertz CT molecular complexity index is 1060. The van der Waals surface area contributed by atoms with Gasteiger partial charge in [0.05, 0.1) is 7.11 Å². The molecule has 0 aliphatic heterocycles. The summed E-state index contributed by atoms with van der Waals surface area (Å²) in [5, 5.41) is 7.60. The van der Waals surface area contributed by atoms with Crippen molar-refractivity contribution in [1.29, 1.82) is 0 Å². The summed E-state index contributed by atoms with van der Waals surface area (Å²) in [5.41, 5.74) is 4.07. The zero-order chi connectivity index (χ0) is 18.6. The average molecular weight is 360 g/mol. The van der Waals surface area contributed by atoms with Crippen LogP contribution in [0.5, 0.6) is 5.75 Å². The molecular formula is C21H20N4O2. The summed E-state index contributed by atoms with van der Waals surface area (Å²) in [5.74, 6) is 2.22. The Kier molecular flexibility index (Phi) is 4.70. The van der Waals surface area contributed by atoms with Crippen LogP contribution in [0.1, 0.15) is 18.3 Å². The summed E-state index contributed by atoms with van der Waals surface area (Å²) in [4.78, 5) is 9.24. The molecule has 6 nitrogen and oxygen atoms in total. The lowest BCUT2D eigenvalue weighted by atomic mass is 10.1. The third-order valence-corrected chi connectivity index (χ3v) is 4.32. The molecule has 0 radical (unpaired) electrons. The highest BCUT2D eigenvalue weighted by Gasteiger charge is 2.17. The molecule has 0 aliphatic rings. The highest BCUT2D eigenvalue weighted by molar-refractivity contribution is 5.93. The van der Waals surface area contributed by atoms with Crippen LogP contribution in [-0.4, -0.2) is 22.2 Å². The second-order valence-corrected chi connectivity index (χ2v) is 6.12. The SMILES string of the molecule is CCc1nc(NCc2cccc(OC)c2)c2onc(-c3ccccc3)c2n1. The maximum atomic E-state index is 5.61. The summed E-state index contributed by atoms with van der Waals surface area (Å²) >= 11 is 0. The van der Waals surface area contributed by atoms with E-state index in [1.54, 1.807) is 7.11 Å². The molecule has 6 heteroatoms. The van der Waals surface area contributed by atoms with Crippen molar-refractivity contribution >= 4 is 16.9 Å². The van der Waals surface area contributed by atoms with Gasteiger partial charge in [-0.2, -0.15) is 0 Å². The first-order chi connectivity index (χ1) is 13.3. The lowest BCUT2D eigenvalue weighted by Crippen LogP contribution is -2.05. The number of hydrogen-bond acceptors (Lipinski definition) is 6. The average Bonchev–Trinajstić information content (AvgIpc) is 3.16. The number of ether oxygens (including phenoxy) is 1. The molecule has 0 saturated heterocycles. The summed E-state index contributed by atoms with van der Waals surface area (Å²) < 4.78 is 10.9. The fraction of sp³-hybridized carbons (Fsp3) is 0.190. The van der Waals surface area contributed by atoms with Crippen LogP contribution >= 0.6 is 0 Å². The van der Waals surface area contributed by atoms with Crippen molar-refractivity contribution in [1.82, 2.24) is 15.1 Å². The van der Waals surface area contributed by atoms with E-state index in [9.17, 15) is 0 Å². The van der Waals surface area contributed by atoms with E-state index in [1.807, 2.05) is 61.5 Å². The van der Waals surface area contributed by atoms with E-state index in [-0.39, 0.29) is 0 Å². The van der Waals surface area contributed by atoms with Gasteiger partial charge in [-0.15, -0.1) is 0 Å². The molecule has 2 aromatic carbocycles. The highest BCUT2D eigenvalue weighted by Crippen LogP contribution is 2.30. The van der Waals surface area contributed by atoms with Gasteiger partial charge in [0.15, 0.2) is 5.82 Å². The number of benzene rings is 2. The largest absolute Gasteiger partial charge is 0.497 e. The van der Waals surface area contributed by atoms with Crippen molar-refractivity contribution in [3.63, 3.8) is 0 Å². The van der Waals surface area contributed by atoms with Gasteiger partial charge < -0.3 is 14.6 Å². The molecule has 0 saturated carbocycles. The molecule has 4 rings (SSSR count). The smallest absolute Gasteiger partial charge is 0.228 e. The Morgan fingerprint density at radius 3 is 2.67 bits per heavy atom. The van der Waals surface area contributed by atoms with Crippen molar-refractivity contribution < 1.29 is 9.26 Å². The molecule has 1 N–H and O–H groups in total. The Morgan fingerprint density at radius 2 is 1.89 bits per heavy atom. The minimum atomic E-state index is 0.564. The molecule has 2 aromatic heterocycles. The Hall–Kier alpha value is -3.41. The van der Waals surface area contributed by atoms with Crippen LogP contribution in [0.2, 0.25) is 0 Å². The number of fused-ring (bicyclic) bond motifs is 1. The van der Waals surface area contributed by atoms with Gasteiger partial charge in [-0.3, -0.25) is 0 Å². The minimum Gasteiger partial charge on any atom is -0.497 e. The predicted molar refractivity (Wildman–Crippen MR) is 105 cm³/mol. The highest BCUT2D eigenvalue weighted by atomic mass is 16.5. The van der Waals surface area contributed by atoms with E-state index >= 15 is 0 Å². The van der Waals surface area contributed by atoms with Crippen molar-refractivity contribution in [2.24, 2.45) is 0 Å². The molecule has 0 bridgehead atoms. The van der Waals surface area contributed by atoms with E-state index in [4.69, 9.17) is 9.26 Å². The first kappa shape index (κ1) is 17.0. The van der Waals surface area contributed by atoms with Crippen LogP contribution in [0.3, 0.4) is 0 Å². The Morgan fingerprint density at radius 1 is 1.04 bits per heavy atom. The van der Waals surface area contributed by atoms with Crippen LogP contribution in [0.25, 0.3) is 22.4 Å². The van der Waals surface area contributed by atoms with Gasteiger partial charge in [0, 0.05) is 18.5 Å². The quantitative estimate of drug-likeness (QED) is 0.547. The molecule has 0 aliphatic carbocycles. The van der Waals surface area contributed by atoms with Gasteiger partial charge in [0.25, 0.3) is 0 Å². The first-order valence-electron chi connectivity index (χ1n) is 8.87. The normalized spacial score (nSPS) is 10.9. The molecule has 0 unspecified atom stereocenters. The van der Waals surface area contributed by atoms with Gasteiger partial charge in [-0.1, -0.05) is 54.5 Å². The molecule has 2 heterocycles. The van der Waals surface area contributed by atoms with Crippen molar-refractivity contribution in [2.45, 2.75) is 19.9 Å². The van der Waals surface area contributed by atoms with Crippen LogP contribution in [-0.2, 0) is 13.0 Å². The monoisotopic (exact) mass is 360 g/mol. The molecule has 0 fully saturated rings. The summed E-state index contributed by atoms with van der Waals surface area (Å²) in [6, 6.07) is 17.8. The summed E-state index contributed by atoms with van der Waals surface area (Å²) in [6.45, 7) is 2.62. The Labute approximate surface area is 157 Å². The van der Waals surface area contributed by atoms with Gasteiger partial charge in [0.2, 0.25) is 5.58 Å². The minimum absolute atomic E-state index is 0.564. The fourth-order valence-electron chi connectivity index (χ4n) is 2.91. The molecule has 0 atom stereocenters. The molecule has 0 amide bonds. The molecule has 136 valence electrons. The number of anilines is 1. The lowest BCUT2D eigenvalue weighted by molar-refractivity contribution is 0.414. The third-order valence-electron chi connectivity index (χ3n) is 4.32. The Balaban J connectivity index is 1.71. The van der Waals surface area contributed by atoms with Gasteiger partial charge in [0.1, 0.15) is 22.8 Å². The standard InChI is InChI=1S/C21H20N4O2/c1-3-17-23-19-18(15-9-5-4-6-10-15)25-27-20(19)21(24-17)22-13-14-8-7-11-16(12-14)26-2/h4-12H,3,13H2,1-2H3,(H,22,23,24). The summed E-state index contributed by atoms with van der Waals surface area (Å²) in [7, 11) is 1.66. The maximum Gasteiger partial charge on any atom is 0.228 e. The zero-order valence-corrected chi connectivity index (χ0v) is 15.3. The van der Waals surface area contributed by atoms with Gasteiger partial charge in [-0.25, -0.2) is 9.97 Å². The van der Waals surface area contributed by atoms with E-state index < -0.39 is 0 Å². The predicted octanol–water partition coefficient (Wildman–Crippen LogP) is 4.47. The fourth-order valence-corrected chi connectivity index (χ4v) is 2.91. The molecule has 27 heavy (non-hydrogen) atoms. The zero-order valence-electron chi connectivity index (χ0n) is 15.3. The number of nitrogens with zero attached hydrogens (tertiary/aromatic N) is 3. The van der Waals surface area contributed by atoms with Crippen LogP contribution in [0.4, 0.5) is 5.82 Å². The van der Waals surface area contributed by atoms with Gasteiger partial charge in [-0.05, 0) is 17.7 Å².